The fourth-order valence-corrected chi connectivity index (χ4v) is 3.97. The van der Waals surface area contributed by atoms with Crippen LogP contribution in [0.2, 0.25) is 10.0 Å². The van der Waals surface area contributed by atoms with Crippen molar-refractivity contribution in [1.82, 2.24) is 19.7 Å². The molecule has 0 radical (unpaired) electrons. The Morgan fingerprint density at radius 2 is 1.97 bits per heavy atom. The second kappa shape index (κ2) is 9.09. The van der Waals surface area contributed by atoms with Crippen LogP contribution in [-0.2, 0) is 11.3 Å². The SMILES string of the molecule is CCNC(=O)N(CC(=O)N1CCn2cccc2[C@@H]1c1ccc(Cl)c(Cl)c1)C(C)C. The number of nitrogens with one attached hydrogen (secondary N) is 1. The monoisotopic (exact) mass is 436 g/mol. The van der Waals surface area contributed by atoms with Gasteiger partial charge in [0.2, 0.25) is 5.91 Å². The van der Waals surface area contributed by atoms with E-state index in [1.54, 1.807) is 11.0 Å². The number of aromatic nitrogens is 1. The minimum atomic E-state index is -0.288. The van der Waals surface area contributed by atoms with Crippen LogP contribution in [0.15, 0.2) is 36.5 Å². The Bertz CT molecular complexity index is 897. The largest absolute Gasteiger partial charge is 0.348 e. The molecule has 0 fully saturated rings. The van der Waals surface area contributed by atoms with Crippen LogP contribution in [0.4, 0.5) is 4.79 Å². The molecule has 0 saturated carbocycles. The van der Waals surface area contributed by atoms with Crippen molar-refractivity contribution in [2.24, 2.45) is 0 Å². The Hall–Kier alpha value is -2.18. The maximum absolute atomic E-state index is 13.3. The summed E-state index contributed by atoms with van der Waals surface area (Å²) >= 11 is 12.4. The Labute approximate surface area is 181 Å². The fraction of sp³-hybridized carbons (Fsp3) is 0.429. The van der Waals surface area contributed by atoms with Gasteiger partial charge in [0.25, 0.3) is 0 Å². The van der Waals surface area contributed by atoms with Crippen LogP contribution >= 0.6 is 23.2 Å². The van der Waals surface area contributed by atoms with E-state index in [0.717, 1.165) is 11.3 Å². The van der Waals surface area contributed by atoms with Crippen LogP contribution in [0.5, 0.6) is 0 Å². The lowest BCUT2D eigenvalue weighted by Gasteiger charge is -2.39. The molecule has 29 heavy (non-hydrogen) atoms. The number of carbonyl (C=O) groups excluding carboxylic acids is 2. The van der Waals surface area contributed by atoms with Crippen molar-refractivity contribution in [3.63, 3.8) is 0 Å². The maximum atomic E-state index is 13.3. The summed E-state index contributed by atoms with van der Waals surface area (Å²) in [5.41, 5.74) is 1.90. The Morgan fingerprint density at radius 3 is 2.62 bits per heavy atom. The molecule has 1 aromatic heterocycles. The summed E-state index contributed by atoms with van der Waals surface area (Å²) in [5.74, 6) is -0.103. The summed E-state index contributed by atoms with van der Waals surface area (Å²) in [5, 5.41) is 3.71. The number of benzene rings is 1. The second-order valence-electron chi connectivity index (χ2n) is 7.35. The lowest BCUT2D eigenvalue weighted by atomic mass is 9.99. The molecule has 0 unspecified atom stereocenters. The normalized spacial score (nSPS) is 15.9. The third-order valence-corrected chi connectivity index (χ3v) is 5.87. The molecule has 3 rings (SSSR count). The van der Waals surface area contributed by atoms with E-state index < -0.39 is 0 Å². The van der Waals surface area contributed by atoms with Gasteiger partial charge >= 0.3 is 6.03 Å². The van der Waals surface area contributed by atoms with Crippen molar-refractivity contribution < 1.29 is 9.59 Å². The lowest BCUT2D eigenvalue weighted by Crippen LogP contribution is -2.51. The highest BCUT2D eigenvalue weighted by Crippen LogP contribution is 2.35. The molecule has 0 saturated heterocycles. The third kappa shape index (κ3) is 4.54. The first-order chi connectivity index (χ1) is 13.8. The number of hydrogen-bond donors (Lipinski definition) is 1. The summed E-state index contributed by atoms with van der Waals surface area (Å²) in [6.07, 6.45) is 2.01. The minimum Gasteiger partial charge on any atom is -0.348 e. The number of amides is 3. The molecule has 1 aliphatic heterocycles. The van der Waals surface area contributed by atoms with Gasteiger partial charge in [0.15, 0.2) is 0 Å². The lowest BCUT2D eigenvalue weighted by molar-refractivity contribution is -0.134. The Morgan fingerprint density at radius 1 is 1.21 bits per heavy atom. The van der Waals surface area contributed by atoms with Crippen LogP contribution in [-0.4, -0.2) is 52.0 Å². The third-order valence-electron chi connectivity index (χ3n) is 5.14. The number of urea groups is 1. The van der Waals surface area contributed by atoms with Crippen LogP contribution in [0.1, 0.15) is 38.1 Å². The van der Waals surface area contributed by atoms with E-state index in [2.05, 4.69) is 9.88 Å². The fourth-order valence-electron chi connectivity index (χ4n) is 3.66. The minimum absolute atomic E-state index is 0.0159. The molecule has 1 atom stereocenters. The molecule has 1 aromatic carbocycles. The van der Waals surface area contributed by atoms with E-state index in [9.17, 15) is 9.59 Å². The summed E-state index contributed by atoms with van der Waals surface area (Å²) < 4.78 is 2.14. The molecular formula is C21H26Cl2N4O2. The molecule has 0 bridgehead atoms. The van der Waals surface area contributed by atoms with Crippen molar-refractivity contribution in [3.8, 4) is 0 Å². The van der Waals surface area contributed by atoms with Gasteiger partial charge in [-0.1, -0.05) is 29.3 Å². The second-order valence-corrected chi connectivity index (χ2v) is 8.16. The molecule has 2 aromatic rings. The molecule has 8 heteroatoms. The van der Waals surface area contributed by atoms with Gasteiger partial charge in [-0.15, -0.1) is 0 Å². The highest BCUT2D eigenvalue weighted by molar-refractivity contribution is 6.42. The van der Waals surface area contributed by atoms with E-state index in [4.69, 9.17) is 23.2 Å². The van der Waals surface area contributed by atoms with Crippen LogP contribution in [0, 0.1) is 0 Å². The molecule has 156 valence electrons. The zero-order chi connectivity index (χ0) is 21.1. The number of carbonyl (C=O) groups is 2. The van der Waals surface area contributed by atoms with E-state index >= 15 is 0 Å². The van der Waals surface area contributed by atoms with Crippen molar-refractivity contribution >= 4 is 35.1 Å². The summed E-state index contributed by atoms with van der Waals surface area (Å²) in [6, 6.07) is 8.82. The molecule has 2 heterocycles. The van der Waals surface area contributed by atoms with Crippen molar-refractivity contribution in [2.45, 2.75) is 39.4 Å². The standard InChI is InChI=1S/C21H26Cl2N4O2/c1-4-24-21(29)27(14(2)3)13-19(28)26-11-10-25-9-5-6-18(25)20(26)15-7-8-16(22)17(23)12-15/h5-9,12,14,20H,4,10-11,13H2,1-3H3,(H,24,29)/t20-/m0/s1. The first-order valence-corrected chi connectivity index (χ1v) is 10.5. The molecule has 0 spiro atoms. The van der Waals surface area contributed by atoms with Gasteiger partial charge in [0.1, 0.15) is 6.54 Å². The van der Waals surface area contributed by atoms with Crippen LogP contribution in [0.25, 0.3) is 0 Å². The van der Waals surface area contributed by atoms with E-state index in [-0.39, 0.29) is 30.6 Å². The van der Waals surface area contributed by atoms with Gasteiger partial charge in [0, 0.05) is 37.6 Å². The van der Waals surface area contributed by atoms with Crippen molar-refractivity contribution in [3.05, 3.63) is 57.8 Å². The topological polar surface area (TPSA) is 57.6 Å². The van der Waals surface area contributed by atoms with E-state index in [1.165, 1.54) is 0 Å². The highest BCUT2D eigenvalue weighted by Gasteiger charge is 2.34. The zero-order valence-electron chi connectivity index (χ0n) is 16.9. The average molecular weight is 437 g/mol. The zero-order valence-corrected chi connectivity index (χ0v) is 18.4. The number of halogens is 2. The molecule has 1 N–H and O–H groups in total. The molecule has 0 aliphatic carbocycles. The molecular weight excluding hydrogens is 411 g/mol. The average Bonchev–Trinajstić information content (AvgIpc) is 3.16. The Kier molecular flexibility index (Phi) is 6.75. The predicted octanol–water partition coefficient (Wildman–Crippen LogP) is 4.17. The van der Waals surface area contributed by atoms with E-state index in [1.807, 2.05) is 56.1 Å². The molecule has 3 amide bonds. The first-order valence-electron chi connectivity index (χ1n) is 9.77. The summed E-state index contributed by atoms with van der Waals surface area (Å²) in [7, 11) is 0. The Balaban J connectivity index is 1.92. The quantitative estimate of drug-likeness (QED) is 0.764. The van der Waals surface area contributed by atoms with E-state index in [0.29, 0.717) is 29.7 Å². The molecule has 6 nitrogen and oxygen atoms in total. The number of rotatable bonds is 5. The van der Waals surface area contributed by atoms with Crippen molar-refractivity contribution in [2.75, 3.05) is 19.6 Å². The number of hydrogen-bond acceptors (Lipinski definition) is 2. The summed E-state index contributed by atoms with van der Waals surface area (Å²) in [6.45, 7) is 7.45. The number of fused-ring (bicyclic) bond motifs is 1. The van der Waals surface area contributed by atoms with Crippen LogP contribution in [0.3, 0.4) is 0 Å². The highest BCUT2D eigenvalue weighted by atomic mass is 35.5. The predicted molar refractivity (Wildman–Crippen MR) is 115 cm³/mol. The number of nitrogens with zero attached hydrogens (tertiary/aromatic N) is 3. The summed E-state index contributed by atoms with van der Waals surface area (Å²) in [4.78, 5) is 29.1. The van der Waals surface area contributed by atoms with Gasteiger partial charge in [-0.25, -0.2) is 4.79 Å². The first kappa shape index (κ1) is 21.5. The smallest absolute Gasteiger partial charge is 0.318 e. The van der Waals surface area contributed by atoms with Gasteiger partial charge in [0.05, 0.1) is 16.1 Å². The van der Waals surface area contributed by atoms with Gasteiger partial charge in [-0.05, 0) is 50.6 Å². The van der Waals surface area contributed by atoms with Gasteiger partial charge in [-0.2, -0.15) is 0 Å². The van der Waals surface area contributed by atoms with Crippen LogP contribution < -0.4 is 5.32 Å². The van der Waals surface area contributed by atoms with Crippen molar-refractivity contribution in [1.29, 1.82) is 0 Å². The van der Waals surface area contributed by atoms with Gasteiger partial charge in [-0.3, -0.25) is 4.79 Å². The molecule has 1 aliphatic rings. The maximum Gasteiger partial charge on any atom is 0.318 e. The van der Waals surface area contributed by atoms with Gasteiger partial charge < -0.3 is 19.7 Å².